The van der Waals surface area contributed by atoms with Gasteiger partial charge in [0.15, 0.2) is 17.2 Å². The zero-order valence-corrected chi connectivity index (χ0v) is 15.2. The van der Waals surface area contributed by atoms with E-state index in [0.717, 1.165) is 11.1 Å². The molecule has 6 nitrogen and oxygen atoms in total. The highest BCUT2D eigenvalue weighted by Gasteiger charge is 2.14. The Morgan fingerprint density at radius 2 is 1.73 bits per heavy atom. The van der Waals surface area contributed by atoms with Crippen LogP contribution in [0.3, 0.4) is 0 Å². The quantitative estimate of drug-likeness (QED) is 0.366. The molecule has 0 N–H and O–H groups in total. The van der Waals surface area contributed by atoms with Crippen LogP contribution in [0.25, 0.3) is 6.08 Å². The highest BCUT2D eigenvalue weighted by Crippen LogP contribution is 2.29. The first kappa shape index (κ1) is 19.3. The predicted molar refractivity (Wildman–Crippen MR) is 101 cm³/mol. The van der Waals surface area contributed by atoms with Gasteiger partial charge in [0.2, 0.25) is 0 Å². The van der Waals surface area contributed by atoms with Gasteiger partial charge in [-0.3, -0.25) is 10.1 Å². The van der Waals surface area contributed by atoms with Gasteiger partial charge in [0.05, 0.1) is 25.2 Å². The normalized spacial score (nSPS) is 10.7. The molecule has 0 aliphatic rings. The summed E-state index contributed by atoms with van der Waals surface area (Å²) in [4.78, 5) is 10.6. The second-order valence-corrected chi connectivity index (χ2v) is 5.69. The van der Waals surface area contributed by atoms with E-state index in [4.69, 9.17) is 14.2 Å². The maximum absolute atomic E-state index is 11.1. The molecule has 0 saturated heterocycles. The van der Waals surface area contributed by atoms with E-state index in [1.807, 2.05) is 37.3 Å². The Bertz CT molecular complexity index is 786. The van der Waals surface area contributed by atoms with Gasteiger partial charge in [-0.2, -0.15) is 0 Å². The molecule has 0 aromatic heterocycles. The van der Waals surface area contributed by atoms with Gasteiger partial charge < -0.3 is 14.2 Å². The van der Waals surface area contributed by atoms with Crippen LogP contribution in [-0.2, 0) is 0 Å². The molecule has 0 spiro atoms. The van der Waals surface area contributed by atoms with Gasteiger partial charge in [-0.05, 0) is 43.2 Å². The van der Waals surface area contributed by atoms with Crippen LogP contribution in [0.4, 0.5) is 5.69 Å². The van der Waals surface area contributed by atoms with E-state index in [1.54, 1.807) is 26.2 Å². The van der Waals surface area contributed by atoms with Crippen LogP contribution in [0, 0.1) is 17.0 Å². The summed E-state index contributed by atoms with van der Waals surface area (Å²) >= 11 is 0. The van der Waals surface area contributed by atoms with Crippen LogP contribution < -0.4 is 14.2 Å². The fourth-order valence-corrected chi connectivity index (χ4v) is 2.41. The summed E-state index contributed by atoms with van der Waals surface area (Å²) in [5.41, 5.74) is 1.83. The molecule has 0 amide bonds. The fourth-order valence-electron chi connectivity index (χ4n) is 2.41. The van der Waals surface area contributed by atoms with Gasteiger partial charge in [0.25, 0.3) is 0 Å². The van der Waals surface area contributed by atoms with Gasteiger partial charge >= 0.3 is 5.69 Å². The lowest BCUT2D eigenvalue weighted by Crippen LogP contribution is -2.07. The Hall–Kier alpha value is -3.02. The minimum absolute atomic E-state index is 0.0212. The van der Waals surface area contributed by atoms with Crippen molar-refractivity contribution >= 4 is 11.8 Å². The number of hydrogen-bond donors (Lipinski definition) is 0. The lowest BCUT2D eigenvalue weighted by molar-refractivity contribution is -0.385. The Kier molecular flexibility index (Phi) is 7.02. The zero-order chi connectivity index (χ0) is 18.9. The fraction of sp³-hybridized carbons (Fsp3) is 0.300. The van der Waals surface area contributed by atoms with Crippen molar-refractivity contribution in [2.75, 3.05) is 20.3 Å². The third-order valence-corrected chi connectivity index (χ3v) is 3.66. The molecule has 0 bridgehead atoms. The van der Waals surface area contributed by atoms with Crippen LogP contribution in [0.15, 0.2) is 42.5 Å². The van der Waals surface area contributed by atoms with Gasteiger partial charge in [0, 0.05) is 12.5 Å². The van der Waals surface area contributed by atoms with Crippen molar-refractivity contribution < 1.29 is 19.1 Å². The number of rotatable bonds is 9. The minimum atomic E-state index is -0.435. The molecule has 0 aliphatic heterocycles. The van der Waals surface area contributed by atoms with Crippen LogP contribution in [0.1, 0.15) is 24.5 Å². The summed E-state index contributed by atoms with van der Waals surface area (Å²) in [5, 5.41) is 11.1. The summed E-state index contributed by atoms with van der Waals surface area (Å²) in [5.74, 6) is 1.59. The van der Waals surface area contributed by atoms with Crippen molar-refractivity contribution in [2.45, 2.75) is 20.3 Å². The molecular weight excluding hydrogens is 334 g/mol. The molecule has 0 aliphatic carbocycles. The zero-order valence-electron chi connectivity index (χ0n) is 15.2. The summed E-state index contributed by atoms with van der Waals surface area (Å²) in [7, 11) is 1.60. The number of nitro benzene ring substituents is 1. The highest BCUT2D eigenvalue weighted by molar-refractivity contribution is 5.55. The first-order valence-corrected chi connectivity index (χ1v) is 8.36. The van der Waals surface area contributed by atoms with Crippen molar-refractivity contribution in [2.24, 2.45) is 0 Å². The third-order valence-electron chi connectivity index (χ3n) is 3.66. The lowest BCUT2D eigenvalue weighted by Gasteiger charge is -2.12. The van der Waals surface area contributed by atoms with E-state index >= 15 is 0 Å². The van der Waals surface area contributed by atoms with Crippen molar-refractivity contribution in [3.8, 4) is 17.2 Å². The van der Waals surface area contributed by atoms with E-state index in [2.05, 4.69) is 0 Å². The van der Waals surface area contributed by atoms with Gasteiger partial charge in [-0.25, -0.2) is 0 Å². The maximum Gasteiger partial charge on any atom is 0.311 e. The molecule has 0 atom stereocenters. The van der Waals surface area contributed by atoms with Crippen LogP contribution in [-0.4, -0.2) is 25.2 Å². The Labute approximate surface area is 153 Å². The molecule has 0 saturated carbocycles. The van der Waals surface area contributed by atoms with E-state index in [-0.39, 0.29) is 11.4 Å². The summed E-state index contributed by atoms with van der Waals surface area (Å²) in [6, 6.07) is 10.6. The van der Waals surface area contributed by atoms with Gasteiger partial charge in [-0.15, -0.1) is 0 Å². The molecule has 138 valence electrons. The Morgan fingerprint density at radius 3 is 2.38 bits per heavy atom. The number of aryl methyl sites for hydroxylation is 1. The number of nitro groups is 1. The number of nitrogens with zero attached hydrogens (tertiary/aromatic N) is 1. The standard InChI is InChI=1S/C20H23NO5/c1-4-6-16-8-10-19(20(14-16)24-3)26-12-5-11-25-18-9-7-15(2)13-17(18)21(22)23/h4,6-10,13-14H,5,11-12H2,1-3H3/b6-4+. The monoisotopic (exact) mass is 357 g/mol. The summed E-state index contributed by atoms with van der Waals surface area (Å²) < 4.78 is 16.6. The lowest BCUT2D eigenvalue weighted by atomic mass is 10.2. The number of hydrogen-bond acceptors (Lipinski definition) is 5. The molecule has 6 heteroatoms. The average molecular weight is 357 g/mol. The van der Waals surface area contributed by atoms with Crippen molar-refractivity contribution in [1.29, 1.82) is 0 Å². The maximum atomic E-state index is 11.1. The van der Waals surface area contributed by atoms with Gasteiger partial charge in [-0.1, -0.05) is 24.3 Å². The van der Waals surface area contributed by atoms with Crippen LogP contribution in [0.5, 0.6) is 17.2 Å². The predicted octanol–water partition coefficient (Wildman–Crippen LogP) is 4.79. The molecule has 26 heavy (non-hydrogen) atoms. The molecule has 2 rings (SSSR count). The molecular formula is C20H23NO5. The third kappa shape index (κ3) is 5.24. The second-order valence-electron chi connectivity index (χ2n) is 5.69. The minimum Gasteiger partial charge on any atom is -0.493 e. The number of ether oxygens (including phenoxy) is 3. The summed E-state index contributed by atoms with van der Waals surface area (Å²) in [6.45, 7) is 4.50. The van der Waals surface area contributed by atoms with E-state index in [1.165, 1.54) is 6.07 Å². The Morgan fingerprint density at radius 1 is 1.04 bits per heavy atom. The van der Waals surface area contributed by atoms with Crippen molar-refractivity contribution in [3.05, 3.63) is 63.7 Å². The number of benzene rings is 2. The molecule has 0 unspecified atom stereocenters. The van der Waals surface area contributed by atoms with Crippen molar-refractivity contribution in [1.82, 2.24) is 0 Å². The molecule has 2 aromatic carbocycles. The first-order chi connectivity index (χ1) is 12.5. The van der Waals surface area contributed by atoms with Crippen LogP contribution >= 0.6 is 0 Å². The topological polar surface area (TPSA) is 70.8 Å². The SMILES string of the molecule is C/C=C/c1ccc(OCCCOc2ccc(C)cc2[N+](=O)[O-])c(OC)c1. The number of methoxy groups -OCH3 is 1. The highest BCUT2D eigenvalue weighted by atomic mass is 16.6. The molecule has 0 heterocycles. The molecule has 0 radical (unpaired) electrons. The molecule has 2 aromatic rings. The number of allylic oxidation sites excluding steroid dienone is 1. The van der Waals surface area contributed by atoms with Gasteiger partial charge in [0.1, 0.15) is 0 Å². The largest absolute Gasteiger partial charge is 0.493 e. The van der Waals surface area contributed by atoms with E-state index < -0.39 is 4.92 Å². The average Bonchev–Trinajstić information content (AvgIpc) is 2.63. The first-order valence-electron chi connectivity index (χ1n) is 8.36. The van der Waals surface area contributed by atoms with E-state index in [9.17, 15) is 10.1 Å². The van der Waals surface area contributed by atoms with Crippen molar-refractivity contribution in [3.63, 3.8) is 0 Å². The molecule has 0 fully saturated rings. The van der Waals surface area contributed by atoms with E-state index in [0.29, 0.717) is 31.1 Å². The van der Waals surface area contributed by atoms with Crippen LogP contribution in [0.2, 0.25) is 0 Å². The second kappa shape index (κ2) is 9.46. The Balaban J connectivity index is 1.87. The summed E-state index contributed by atoms with van der Waals surface area (Å²) in [6.07, 6.45) is 4.52. The smallest absolute Gasteiger partial charge is 0.311 e.